The fourth-order valence-electron chi connectivity index (χ4n) is 1.56. The van der Waals surface area contributed by atoms with Gasteiger partial charge >= 0.3 is 0 Å². The topological polar surface area (TPSA) is 66.9 Å². The summed E-state index contributed by atoms with van der Waals surface area (Å²) < 4.78 is 1.94. The fraction of sp³-hybridized carbons (Fsp3) is 0. The third-order valence-electron chi connectivity index (χ3n) is 2.36. The molecule has 0 bridgehead atoms. The van der Waals surface area contributed by atoms with Gasteiger partial charge in [-0.2, -0.15) is 5.26 Å². The number of aromatic nitrogens is 4. The first kappa shape index (κ1) is 10.7. The highest BCUT2D eigenvalue weighted by atomic mass is 32.2. The Morgan fingerprint density at radius 2 is 2.06 bits per heavy atom. The minimum Gasteiger partial charge on any atom is -0.295 e. The first-order valence-electron chi connectivity index (χ1n) is 5.19. The van der Waals surface area contributed by atoms with E-state index in [-0.39, 0.29) is 0 Å². The average molecular weight is 253 g/mol. The summed E-state index contributed by atoms with van der Waals surface area (Å²) in [6.07, 6.45) is 6.78. The highest BCUT2D eigenvalue weighted by Crippen LogP contribution is 2.26. The Kier molecular flexibility index (Phi) is 2.67. The number of pyridine rings is 1. The van der Waals surface area contributed by atoms with Gasteiger partial charge in [0.05, 0.1) is 11.7 Å². The van der Waals surface area contributed by atoms with Crippen LogP contribution in [0.5, 0.6) is 0 Å². The predicted octanol–water partition coefficient (Wildman–Crippen LogP) is 2.15. The van der Waals surface area contributed by atoms with Gasteiger partial charge in [0.25, 0.3) is 0 Å². The molecule has 18 heavy (non-hydrogen) atoms. The van der Waals surface area contributed by atoms with Gasteiger partial charge in [0.1, 0.15) is 11.1 Å². The van der Waals surface area contributed by atoms with E-state index < -0.39 is 0 Å². The summed E-state index contributed by atoms with van der Waals surface area (Å²) in [5, 5.41) is 10.3. The number of rotatable bonds is 2. The molecule has 3 heterocycles. The summed E-state index contributed by atoms with van der Waals surface area (Å²) in [6, 6.07) is 7.88. The summed E-state index contributed by atoms with van der Waals surface area (Å²) in [5.41, 5.74) is 1.32. The maximum atomic E-state index is 8.97. The van der Waals surface area contributed by atoms with Crippen molar-refractivity contribution in [1.29, 1.82) is 5.26 Å². The lowest BCUT2D eigenvalue weighted by molar-refractivity contribution is 0.943. The van der Waals surface area contributed by atoms with Crippen LogP contribution in [-0.2, 0) is 0 Å². The van der Waals surface area contributed by atoms with E-state index >= 15 is 0 Å². The maximum absolute atomic E-state index is 8.97. The fourth-order valence-corrected chi connectivity index (χ4v) is 2.41. The summed E-state index contributed by atoms with van der Waals surface area (Å²) in [7, 11) is 0. The lowest BCUT2D eigenvalue weighted by Gasteiger charge is -2.01. The lowest BCUT2D eigenvalue weighted by Crippen LogP contribution is -1.92. The van der Waals surface area contributed by atoms with E-state index in [0.717, 1.165) is 10.7 Å². The van der Waals surface area contributed by atoms with Crippen LogP contribution in [0.4, 0.5) is 0 Å². The van der Waals surface area contributed by atoms with Crippen LogP contribution in [0.3, 0.4) is 0 Å². The van der Waals surface area contributed by atoms with Crippen molar-refractivity contribution in [2.75, 3.05) is 0 Å². The Morgan fingerprint density at radius 3 is 2.94 bits per heavy atom. The number of hydrogen-bond donors (Lipinski definition) is 0. The monoisotopic (exact) mass is 253 g/mol. The Balaban J connectivity index is 2.05. The van der Waals surface area contributed by atoms with Crippen molar-refractivity contribution in [3.63, 3.8) is 0 Å². The molecule has 5 nitrogen and oxygen atoms in total. The van der Waals surface area contributed by atoms with Gasteiger partial charge in [-0.05, 0) is 23.9 Å². The zero-order valence-electron chi connectivity index (χ0n) is 9.19. The van der Waals surface area contributed by atoms with Gasteiger partial charge in [-0.25, -0.2) is 15.0 Å². The zero-order valence-corrected chi connectivity index (χ0v) is 10.0. The number of nitriles is 1. The first-order chi connectivity index (χ1) is 8.88. The molecule has 0 fully saturated rings. The first-order valence-corrected chi connectivity index (χ1v) is 6.01. The Bertz CT molecular complexity index is 743. The molecule has 0 saturated heterocycles. The molecule has 86 valence electrons. The van der Waals surface area contributed by atoms with Gasteiger partial charge < -0.3 is 0 Å². The highest BCUT2D eigenvalue weighted by molar-refractivity contribution is 7.99. The van der Waals surface area contributed by atoms with Crippen LogP contribution in [-0.4, -0.2) is 19.4 Å². The highest BCUT2D eigenvalue weighted by Gasteiger charge is 2.10. The van der Waals surface area contributed by atoms with Crippen molar-refractivity contribution in [2.45, 2.75) is 10.2 Å². The second-order valence-corrected chi connectivity index (χ2v) is 4.42. The van der Waals surface area contributed by atoms with Crippen LogP contribution < -0.4 is 0 Å². The molecule has 0 aliphatic heterocycles. The minimum atomic E-state index is 0.315. The van der Waals surface area contributed by atoms with E-state index in [0.29, 0.717) is 10.7 Å². The number of imidazole rings is 1. The number of nitrogens with zero attached hydrogens (tertiary/aromatic N) is 5. The molecule has 0 aromatic carbocycles. The molecule has 0 amide bonds. The Hall–Kier alpha value is -2.39. The van der Waals surface area contributed by atoms with Gasteiger partial charge in [-0.3, -0.25) is 4.40 Å². The molecule has 0 radical (unpaired) electrons. The molecule has 0 unspecified atom stereocenters. The van der Waals surface area contributed by atoms with Crippen molar-refractivity contribution in [3.8, 4) is 6.07 Å². The summed E-state index contributed by atoms with van der Waals surface area (Å²) in [5.74, 6) is 0. The van der Waals surface area contributed by atoms with Crippen LogP contribution in [0.25, 0.3) is 5.52 Å². The Morgan fingerprint density at radius 1 is 1.17 bits per heavy atom. The molecule has 3 rings (SSSR count). The molecule has 0 aliphatic rings. The average Bonchev–Trinajstić information content (AvgIpc) is 2.83. The quantitative estimate of drug-likeness (QED) is 0.700. The zero-order chi connectivity index (χ0) is 12.4. The van der Waals surface area contributed by atoms with E-state index in [1.165, 1.54) is 18.0 Å². The predicted molar refractivity (Wildman–Crippen MR) is 66.1 cm³/mol. The summed E-state index contributed by atoms with van der Waals surface area (Å²) in [4.78, 5) is 12.4. The molecule has 0 N–H and O–H groups in total. The van der Waals surface area contributed by atoms with Crippen LogP contribution >= 0.6 is 11.8 Å². The molecule has 3 aromatic rings. The minimum absolute atomic E-state index is 0.315. The molecule has 6 heteroatoms. The molecule has 0 spiro atoms. The van der Waals surface area contributed by atoms with Gasteiger partial charge in [0.2, 0.25) is 0 Å². The second kappa shape index (κ2) is 4.47. The van der Waals surface area contributed by atoms with Gasteiger partial charge in [0, 0.05) is 18.6 Å². The van der Waals surface area contributed by atoms with Gasteiger partial charge in [0.15, 0.2) is 10.9 Å². The summed E-state index contributed by atoms with van der Waals surface area (Å²) in [6.45, 7) is 0. The smallest absolute Gasteiger partial charge is 0.179 e. The third kappa shape index (κ3) is 1.81. The van der Waals surface area contributed by atoms with Crippen molar-refractivity contribution in [2.24, 2.45) is 0 Å². The molecule has 0 saturated carbocycles. The third-order valence-corrected chi connectivity index (χ3v) is 3.34. The standard InChI is InChI=1S/C12H7N5S/c13-7-10-11(15-5-4-14-10)18-12-16-8-9-3-1-2-6-17(9)12/h1-6,8H. The van der Waals surface area contributed by atoms with E-state index in [9.17, 15) is 0 Å². The lowest BCUT2D eigenvalue weighted by atomic mass is 10.4. The van der Waals surface area contributed by atoms with Crippen LogP contribution in [0.2, 0.25) is 0 Å². The van der Waals surface area contributed by atoms with Gasteiger partial charge in [-0.15, -0.1) is 0 Å². The molecule has 0 atom stereocenters. The second-order valence-electron chi connectivity index (χ2n) is 3.46. The van der Waals surface area contributed by atoms with Crippen molar-refractivity contribution >= 4 is 17.3 Å². The van der Waals surface area contributed by atoms with E-state index in [2.05, 4.69) is 15.0 Å². The van der Waals surface area contributed by atoms with Crippen LogP contribution in [0.1, 0.15) is 5.69 Å². The Labute approximate surface area is 107 Å². The van der Waals surface area contributed by atoms with Crippen LogP contribution in [0, 0.1) is 11.3 Å². The number of hydrogen-bond acceptors (Lipinski definition) is 5. The van der Waals surface area contributed by atoms with E-state index in [1.54, 1.807) is 12.4 Å². The van der Waals surface area contributed by atoms with Crippen LogP contribution in [0.15, 0.2) is 53.2 Å². The normalized spacial score (nSPS) is 10.4. The number of fused-ring (bicyclic) bond motifs is 1. The SMILES string of the molecule is N#Cc1nccnc1Sc1ncc2ccccn12. The summed E-state index contributed by atoms with van der Waals surface area (Å²) >= 11 is 1.33. The molecule has 0 aliphatic carbocycles. The maximum Gasteiger partial charge on any atom is 0.179 e. The largest absolute Gasteiger partial charge is 0.295 e. The van der Waals surface area contributed by atoms with E-state index in [1.807, 2.05) is 34.9 Å². The van der Waals surface area contributed by atoms with Crippen molar-refractivity contribution < 1.29 is 0 Å². The molecular weight excluding hydrogens is 246 g/mol. The van der Waals surface area contributed by atoms with Crippen molar-refractivity contribution in [1.82, 2.24) is 19.4 Å². The van der Waals surface area contributed by atoms with Gasteiger partial charge in [-0.1, -0.05) is 6.07 Å². The molecule has 3 aromatic heterocycles. The van der Waals surface area contributed by atoms with E-state index in [4.69, 9.17) is 5.26 Å². The van der Waals surface area contributed by atoms with Crippen molar-refractivity contribution in [3.05, 3.63) is 48.7 Å². The molecular formula is C12H7N5S.